The van der Waals surface area contributed by atoms with E-state index in [1.165, 1.54) is 5.69 Å². The summed E-state index contributed by atoms with van der Waals surface area (Å²) in [4.78, 5) is 17.5. The molecular weight excluding hydrogens is 466 g/mol. The fourth-order valence-corrected chi connectivity index (χ4v) is 4.90. The van der Waals surface area contributed by atoms with Gasteiger partial charge in [0.2, 0.25) is 0 Å². The normalized spacial score (nSPS) is 15.5. The molecule has 1 saturated heterocycles. The zero-order valence-corrected chi connectivity index (χ0v) is 20.7. The van der Waals surface area contributed by atoms with Crippen molar-refractivity contribution in [1.82, 2.24) is 34.3 Å². The number of anilines is 2. The number of aliphatic hydroxyl groups is 1. The maximum atomic E-state index is 9.25. The van der Waals surface area contributed by atoms with Gasteiger partial charge < -0.3 is 15.3 Å². The van der Waals surface area contributed by atoms with E-state index in [1.807, 2.05) is 31.4 Å². The van der Waals surface area contributed by atoms with Crippen LogP contribution in [0, 0.1) is 5.92 Å². The van der Waals surface area contributed by atoms with Crippen LogP contribution in [-0.2, 0) is 13.6 Å². The number of aliphatic hydroxyl groups excluding tert-OH is 1. The topological polar surface area (TPSA) is 109 Å². The molecule has 1 aromatic carbocycles. The van der Waals surface area contributed by atoms with Gasteiger partial charge in [-0.05, 0) is 30.4 Å². The number of hydrogen-bond donors (Lipinski definition) is 2. The molecule has 0 bridgehead atoms. The number of pyridine rings is 1. The van der Waals surface area contributed by atoms with Crippen molar-refractivity contribution in [3.05, 3.63) is 72.9 Å². The van der Waals surface area contributed by atoms with Gasteiger partial charge in [0, 0.05) is 62.9 Å². The van der Waals surface area contributed by atoms with Gasteiger partial charge in [-0.25, -0.2) is 15.0 Å². The summed E-state index contributed by atoms with van der Waals surface area (Å²) in [6, 6.07) is 14.5. The Morgan fingerprint density at radius 1 is 1.03 bits per heavy atom. The Morgan fingerprint density at radius 3 is 2.73 bits per heavy atom. The second-order valence-electron chi connectivity index (χ2n) is 9.43. The van der Waals surface area contributed by atoms with Crippen LogP contribution in [0.25, 0.3) is 28.3 Å². The number of aromatic nitrogens is 7. The van der Waals surface area contributed by atoms with Crippen LogP contribution in [0.15, 0.2) is 67.4 Å². The summed E-state index contributed by atoms with van der Waals surface area (Å²) >= 11 is 0. The van der Waals surface area contributed by atoms with E-state index < -0.39 is 0 Å². The quantitative estimate of drug-likeness (QED) is 0.337. The van der Waals surface area contributed by atoms with Crippen molar-refractivity contribution in [2.24, 2.45) is 13.0 Å². The van der Waals surface area contributed by atoms with Crippen molar-refractivity contribution in [2.75, 3.05) is 29.9 Å². The summed E-state index contributed by atoms with van der Waals surface area (Å²) in [5.41, 5.74) is 6.80. The van der Waals surface area contributed by atoms with Gasteiger partial charge >= 0.3 is 0 Å². The van der Waals surface area contributed by atoms with Crippen LogP contribution < -0.4 is 10.2 Å². The second kappa shape index (κ2) is 9.98. The fraction of sp³-hybridized carbons (Fsp3) is 0.296. The van der Waals surface area contributed by atoms with E-state index in [0.29, 0.717) is 12.5 Å². The SMILES string of the molecule is Cn1ncc(-c2ccc(CNc3cc(-c4cnc5cc(N6CCC(CCO)C6)ccn45)ncn3)cc2)n1. The van der Waals surface area contributed by atoms with Crippen LogP contribution in [0.3, 0.4) is 0 Å². The molecule has 5 heterocycles. The maximum absolute atomic E-state index is 9.25. The summed E-state index contributed by atoms with van der Waals surface area (Å²) in [6.45, 7) is 2.89. The highest BCUT2D eigenvalue weighted by Gasteiger charge is 2.22. The van der Waals surface area contributed by atoms with Crippen molar-refractivity contribution in [1.29, 1.82) is 0 Å². The van der Waals surface area contributed by atoms with Crippen molar-refractivity contribution in [3.63, 3.8) is 0 Å². The number of hydrogen-bond acceptors (Lipinski definition) is 8. The molecular formula is C27H29N9O. The van der Waals surface area contributed by atoms with Crippen molar-refractivity contribution in [2.45, 2.75) is 19.4 Å². The lowest BCUT2D eigenvalue weighted by atomic mass is 10.1. The van der Waals surface area contributed by atoms with Gasteiger partial charge in [-0.15, -0.1) is 0 Å². The average Bonchev–Trinajstić information content (AvgIpc) is 3.68. The molecule has 4 aromatic heterocycles. The van der Waals surface area contributed by atoms with Gasteiger partial charge in [-0.2, -0.15) is 15.0 Å². The predicted octanol–water partition coefficient (Wildman–Crippen LogP) is 3.41. The van der Waals surface area contributed by atoms with Gasteiger partial charge in [0.15, 0.2) is 0 Å². The Bertz CT molecular complexity index is 1510. The lowest BCUT2D eigenvalue weighted by Gasteiger charge is -2.18. The minimum atomic E-state index is 0.257. The fourth-order valence-electron chi connectivity index (χ4n) is 4.90. The number of benzene rings is 1. The molecule has 0 aliphatic carbocycles. The molecule has 6 rings (SSSR count). The molecule has 1 fully saturated rings. The van der Waals surface area contributed by atoms with Gasteiger partial charge in [0.05, 0.1) is 23.8 Å². The van der Waals surface area contributed by atoms with Crippen LogP contribution in [0.5, 0.6) is 0 Å². The molecule has 2 N–H and O–H groups in total. The molecule has 0 saturated carbocycles. The minimum Gasteiger partial charge on any atom is -0.396 e. The smallest absolute Gasteiger partial charge is 0.139 e. The van der Waals surface area contributed by atoms with Crippen molar-refractivity contribution in [3.8, 4) is 22.6 Å². The summed E-state index contributed by atoms with van der Waals surface area (Å²) in [5.74, 6) is 1.31. The van der Waals surface area contributed by atoms with Crippen LogP contribution in [-0.4, -0.2) is 59.1 Å². The summed E-state index contributed by atoms with van der Waals surface area (Å²) < 4.78 is 2.06. The van der Waals surface area contributed by atoms with Crippen LogP contribution >= 0.6 is 0 Å². The molecule has 1 aliphatic heterocycles. The van der Waals surface area contributed by atoms with Crippen LogP contribution in [0.1, 0.15) is 18.4 Å². The zero-order valence-electron chi connectivity index (χ0n) is 20.7. The first-order chi connectivity index (χ1) is 18.2. The number of rotatable bonds is 8. The summed E-state index contributed by atoms with van der Waals surface area (Å²) in [6.07, 6.45) is 9.24. The highest BCUT2D eigenvalue weighted by atomic mass is 16.3. The minimum absolute atomic E-state index is 0.257. The molecule has 1 aliphatic rings. The first kappa shape index (κ1) is 23.1. The number of aryl methyl sites for hydroxylation is 1. The van der Waals surface area contributed by atoms with E-state index >= 15 is 0 Å². The maximum Gasteiger partial charge on any atom is 0.139 e. The van der Waals surface area contributed by atoms with Crippen molar-refractivity contribution < 1.29 is 5.11 Å². The highest BCUT2D eigenvalue weighted by molar-refractivity contribution is 5.66. The molecule has 10 nitrogen and oxygen atoms in total. The first-order valence-corrected chi connectivity index (χ1v) is 12.5. The Hall–Kier alpha value is -4.31. The Morgan fingerprint density at radius 2 is 1.92 bits per heavy atom. The summed E-state index contributed by atoms with van der Waals surface area (Å²) in [5, 5.41) is 21.1. The highest BCUT2D eigenvalue weighted by Crippen LogP contribution is 2.28. The third kappa shape index (κ3) is 4.88. The number of imidazole rings is 1. The number of fused-ring (bicyclic) bond motifs is 1. The second-order valence-corrected chi connectivity index (χ2v) is 9.43. The molecule has 0 amide bonds. The van der Waals surface area contributed by atoms with E-state index in [2.05, 4.69) is 70.2 Å². The largest absolute Gasteiger partial charge is 0.396 e. The Labute approximate surface area is 214 Å². The molecule has 1 atom stereocenters. The molecule has 10 heteroatoms. The monoisotopic (exact) mass is 495 g/mol. The summed E-state index contributed by atoms with van der Waals surface area (Å²) in [7, 11) is 1.81. The molecule has 37 heavy (non-hydrogen) atoms. The molecule has 188 valence electrons. The zero-order chi connectivity index (χ0) is 25.2. The van der Waals surface area contributed by atoms with Gasteiger partial charge in [0.25, 0.3) is 0 Å². The Kier molecular flexibility index (Phi) is 6.23. The molecule has 0 radical (unpaired) electrons. The van der Waals surface area contributed by atoms with Crippen LogP contribution in [0.4, 0.5) is 11.5 Å². The van der Waals surface area contributed by atoms with E-state index in [0.717, 1.165) is 65.6 Å². The van der Waals surface area contributed by atoms with Gasteiger partial charge in [-0.3, -0.25) is 4.40 Å². The Balaban J connectivity index is 1.15. The van der Waals surface area contributed by atoms with Gasteiger partial charge in [0.1, 0.15) is 23.5 Å². The van der Waals surface area contributed by atoms with Crippen LogP contribution in [0.2, 0.25) is 0 Å². The molecule has 1 unspecified atom stereocenters. The number of nitrogens with zero attached hydrogens (tertiary/aromatic N) is 8. The van der Waals surface area contributed by atoms with Crippen molar-refractivity contribution >= 4 is 17.2 Å². The van der Waals surface area contributed by atoms with E-state index in [4.69, 9.17) is 0 Å². The first-order valence-electron chi connectivity index (χ1n) is 12.5. The van der Waals surface area contributed by atoms with E-state index in [9.17, 15) is 5.11 Å². The average molecular weight is 496 g/mol. The lowest BCUT2D eigenvalue weighted by Crippen LogP contribution is -2.20. The molecule has 5 aromatic rings. The third-order valence-corrected chi connectivity index (χ3v) is 6.94. The predicted molar refractivity (Wildman–Crippen MR) is 142 cm³/mol. The third-order valence-electron chi connectivity index (χ3n) is 6.94. The lowest BCUT2D eigenvalue weighted by molar-refractivity contribution is 0.263. The van der Waals surface area contributed by atoms with E-state index in [1.54, 1.807) is 17.3 Å². The molecule has 0 spiro atoms. The van der Waals surface area contributed by atoms with Gasteiger partial charge in [-0.1, -0.05) is 24.3 Å². The standard InChI is InChI=1S/C27H29N9O/c1-34-32-15-24(33-34)21-4-2-19(3-5-21)14-28-26-13-23(30-18-31-26)25-16-29-27-12-22(7-10-36(25)27)35-9-6-20(17-35)8-11-37/h2-5,7,10,12-13,15-16,18,20,37H,6,8-9,11,14,17H2,1H3,(H,28,30,31). The number of nitrogens with one attached hydrogen (secondary N) is 1. The van der Waals surface area contributed by atoms with E-state index in [-0.39, 0.29) is 6.61 Å².